The Morgan fingerprint density at radius 3 is 2.35 bits per heavy atom. The van der Waals surface area contributed by atoms with Gasteiger partial charge in [0.1, 0.15) is 11.6 Å². The summed E-state index contributed by atoms with van der Waals surface area (Å²) >= 11 is 0. The number of rotatable bonds is 1. The van der Waals surface area contributed by atoms with Crippen molar-refractivity contribution in [1.29, 1.82) is 0 Å². The molecule has 1 heterocycles. The number of hydrogen-bond acceptors (Lipinski definition) is 3. The Bertz CT molecular complexity index is 283. The van der Waals surface area contributed by atoms with Gasteiger partial charge in [-0.3, -0.25) is 4.79 Å². The smallest absolute Gasteiger partial charge is 0.391 e. The second-order valence-electron chi connectivity index (χ2n) is 5.30. The molecule has 17 heavy (non-hydrogen) atoms. The highest BCUT2D eigenvalue weighted by atomic mass is 19.4. The fourth-order valence-electron chi connectivity index (χ4n) is 1.77. The number of piperidine rings is 1. The standard InChI is InChI=1S/C11H18F3NO2/c1-10(2,3)17-9(16)8-6-7(4-5-15-8)11(12,13)14/h7-8,15H,4-6H2,1-3H3/t7-,8+/m1/s1. The van der Waals surface area contributed by atoms with Gasteiger partial charge in [-0.2, -0.15) is 13.2 Å². The van der Waals surface area contributed by atoms with Crippen molar-refractivity contribution in [2.75, 3.05) is 6.54 Å². The Morgan fingerprint density at radius 2 is 1.88 bits per heavy atom. The van der Waals surface area contributed by atoms with Gasteiger partial charge in [-0.05, 0) is 40.2 Å². The van der Waals surface area contributed by atoms with Crippen LogP contribution in [0.15, 0.2) is 0 Å². The lowest BCUT2D eigenvalue weighted by molar-refractivity contribution is -0.187. The molecule has 0 amide bonds. The van der Waals surface area contributed by atoms with E-state index in [-0.39, 0.29) is 19.4 Å². The average Bonchev–Trinajstić information content (AvgIpc) is 2.14. The highest BCUT2D eigenvalue weighted by Gasteiger charge is 2.44. The Labute approximate surface area is 98.7 Å². The number of alkyl halides is 3. The molecule has 0 aromatic carbocycles. The van der Waals surface area contributed by atoms with Gasteiger partial charge in [0.2, 0.25) is 0 Å². The highest BCUT2D eigenvalue weighted by molar-refractivity contribution is 5.76. The van der Waals surface area contributed by atoms with Gasteiger partial charge in [0, 0.05) is 0 Å². The highest BCUT2D eigenvalue weighted by Crippen LogP contribution is 2.34. The lowest BCUT2D eigenvalue weighted by Crippen LogP contribution is -2.48. The largest absolute Gasteiger partial charge is 0.459 e. The van der Waals surface area contributed by atoms with E-state index in [0.29, 0.717) is 0 Å². The van der Waals surface area contributed by atoms with Crippen LogP contribution in [0, 0.1) is 5.92 Å². The van der Waals surface area contributed by atoms with Crippen molar-refractivity contribution >= 4 is 5.97 Å². The molecular weight excluding hydrogens is 235 g/mol. The van der Waals surface area contributed by atoms with E-state index < -0.39 is 29.7 Å². The van der Waals surface area contributed by atoms with Crippen LogP contribution in [-0.4, -0.2) is 30.3 Å². The van der Waals surface area contributed by atoms with Crippen molar-refractivity contribution in [3.05, 3.63) is 0 Å². The van der Waals surface area contributed by atoms with Gasteiger partial charge in [0.25, 0.3) is 0 Å². The normalized spacial score (nSPS) is 26.7. The fourth-order valence-corrected chi connectivity index (χ4v) is 1.77. The summed E-state index contributed by atoms with van der Waals surface area (Å²) in [5, 5.41) is 2.77. The van der Waals surface area contributed by atoms with Gasteiger partial charge < -0.3 is 10.1 Å². The minimum atomic E-state index is -4.23. The maximum absolute atomic E-state index is 12.5. The second-order valence-corrected chi connectivity index (χ2v) is 5.30. The Morgan fingerprint density at radius 1 is 1.29 bits per heavy atom. The van der Waals surface area contributed by atoms with E-state index in [9.17, 15) is 18.0 Å². The SMILES string of the molecule is CC(C)(C)OC(=O)[C@@H]1C[C@H](C(F)(F)F)CCN1. The first-order valence-electron chi connectivity index (χ1n) is 5.62. The molecule has 0 bridgehead atoms. The quantitative estimate of drug-likeness (QED) is 0.728. The maximum Gasteiger partial charge on any atom is 0.391 e. The molecule has 0 unspecified atom stereocenters. The summed E-state index contributed by atoms with van der Waals surface area (Å²) in [6, 6.07) is -0.852. The van der Waals surface area contributed by atoms with Crippen molar-refractivity contribution in [2.45, 2.75) is 51.4 Å². The summed E-state index contributed by atoms with van der Waals surface area (Å²) in [4.78, 5) is 11.6. The molecule has 1 saturated heterocycles. The molecule has 0 aromatic heterocycles. The van der Waals surface area contributed by atoms with E-state index in [1.807, 2.05) is 0 Å². The first-order chi connectivity index (χ1) is 7.59. The second kappa shape index (κ2) is 4.84. The van der Waals surface area contributed by atoms with Gasteiger partial charge in [-0.1, -0.05) is 0 Å². The summed E-state index contributed by atoms with van der Waals surface area (Å²) in [5.41, 5.74) is -0.677. The molecule has 3 nitrogen and oxygen atoms in total. The Kier molecular flexibility index (Phi) is 4.06. The molecule has 2 atom stereocenters. The summed E-state index contributed by atoms with van der Waals surface area (Å²) in [7, 11) is 0. The molecule has 1 N–H and O–H groups in total. The number of ether oxygens (including phenoxy) is 1. The first-order valence-corrected chi connectivity index (χ1v) is 5.62. The third-order valence-corrected chi connectivity index (χ3v) is 2.56. The van der Waals surface area contributed by atoms with Crippen LogP contribution in [-0.2, 0) is 9.53 Å². The third kappa shape index (κ3) is 4.53. The van der Waals surface area contributed by atoms with Crippen molar-refractivity contribution < 1.29 is 22.7 Å². The fraction of sp³-hybridized carbons (Fsp3) is 0.909. The van der Waals surface area contributed by atoms with Crippen LogP contribution in [0.2, 0.25) is 0 Å². The van der Waals surface area contributed by atoms with Crippen LogP contribution >= 0.6 is 0 Å². The number of hydrogen-bond donors (Lipinski definition) is 1. The molecule has 1 aliphatic rings. The van der Waals surface area contributed by atoms with Crippen LogP contribution in [0.4, 0.5) is 13.2 Å². The first kappa shape index (κ1) is 14.3. The summed E-state index contributed by atoms with van der Waals surface area (Å²) in [6.45, 7) is 5.26. The van der Waals surface area contributed by atoms with Crippen molar-refractivity contribution in [1.82, 2.24) is 5.32 Å². The van der Waals surface area contributed by atoms with Gasteiger partial charge in [-0.15, -0.1) is 0 Å². The lowest BCUT2D eigenvalue weighted by atomic mass is 9.92. The van der Waals surface area contributed by atoms with Crippen molar-refractivity contribution in [2.24, 2.45) is 5.92 Å². The third-order valence-electron chi connectivity index (χ3n) is 2.56. The molecule has 0 aliphatic carbocycles. The summed E-state index contributed by atoms with van der Waals surface area (Å²) in [5.74, 6) is -2.02. The summed E-state index contributed by atoms with van der Waals surface area (Å²) in [6.07, 6.45) is -4.45. The van der Waals surface area contributed by atoms with Crippen molar-refractivity contribution in [3.8, 4) is 0 Å². The van der Waals surface area contributed by atoms with Crippen LogP contribution in [0.5, 0.6) is 0 Å². The van der Waals surface area contributed by atoms with E-state index >= 15 is 0 Å². The van der Waals surface area contributed by atoms with Gasteiger partial charge >= 0.3 is 12.1 Å². The number of esters is 1. The summed E-state index contributed by atoms with van der Waals surface area (Å²) < 4.78 is 42.7. The van der Waals surface area contributed by atoms with Gasteiger partial charge in [-0.25, -0.2) is 0 Å². The molecule has 1 rings (SSSR count). The van der Waals surface area contributed by atoms with Crippen LogP contribution in [0.25, 0.3) is 0 Å². The average molecular weight is 253 g/mol. The molecule has 100 valence electrons. The van der Waals surface area contributed by atoms with Crippen LogP contribution in [0.3, 0.4) is 0 Å². The predicted molar refractivity (Wildman–Crippen MR) is 56.4 cm³/mol. The number of nitrogens with one attached hydrogen (secondary N) is 1. The zero-order valence-electron chi connectivity index (χ0n) is 10.2. The van der Waals surface area contributed by atoms with E-state index in [1.165, 1.54) is 0 Å². The molecular formula is C11H18F3NO2. The van der Waals surface area contributed by atoms with Gasteiger partial charge in [0.05, 0.1) is 5.92 Å². The number of halogens is 3. The van der Waals surface area contributed by atoms with Gasteiger partial charge in [0.15, 0.2) is 0 Å². The molecule has 0 spiro atoms. The van der Waals surface area contributed by atoms with E-state index in [0.717, 1.165) is 0 Å². The number of carbonyl (C=O) groups is 1. The molecule has 6 heteroatoms. The predicted octanol–water partition coefficient (Wildman–Crippen LogP) is 2.26. The zero-order chi connectivity index (χ0) is 13.3. The molecule has 0 saturated carbocycles. The van der Waals surface area contributed by atoms with Crippen molar-refractivity contribution in [3.63, 3.8) is 0 Å². The molecule has 0 radical (unpaired) electrons. The monoisotopic (exact) mass is 253 g/mol. The minimum Gasteiger partial charge on any atom is -0.459 e. The zero-order valence-corrected chi connectivity index (χ0v) is 10.2. The molecule has 1 fully saturated rings. The van der Waals surface area contributed by atoms with E-state index in [1.54, 1.807) is 20.8 Å². The van der Waals surface area contributed by atoms with E-state index in [2.05, 4.69) is 5.32 Å². The number of carbonyl (C=O) groups excluding carboxylic acids is 1. The molecule has 0 aromatic rings. The maximum atomic E-state index is 12.5. The van der Waals surface area contributed by atoms with Crippen LogP contribution in [0.1, 0.15) is 33.6 Å². The lowest BCUT2D eigenvalue weighted by Gasteiger charge is -2.32. The minimum absolute atomic E-state index is 0.0167. The topological polar surface area (TPSA) is 38.3 Å². The van der Waals surface area contributed by atoms with Crippen LogP contribution < -0.4 is 5.32 Å². The Hall–Kier alpha value is -0.780. The molecule has 1 aliphatic heterocycles. The van der Waals surface area contributed by atoms with E-state index in [4.69, 9.17) is 4.74 Å². The Balaban J connectivity index is 2.58.